The van der Waals surface area contributed by atoms with Crippen molar-refractivity contribution in [2.24, 2.45) is 0 Å². The van der Waals surface area contributed by atoms with Gasteiger partial charge >= 0.3 is 6.09 Å². The van der Waals surface area contributed by atoms with Gasteiger partial charge in [0, 0.05) is 21.0 Å². The summed E-state index contributed by atoms with van der Waals surface area (Å²) >= 11 is 0. The number of carbonyl (C=O) groups is 2. The van der Waals surface area contributed by atoms with Crippen LogP contribution in [0.1, 0.15) is 6.92 Å². The van der Waals surface area contributed by atoms with Crippen LogP contribution in [0, 0.1) is 0 Å². The van der Waals surface area contributed by atoms with E-state index in [9.17, 15) is 9.59 Å². The average molecular weight is 161 g/mol. The van der Waals surface area contributed by atoms with Crippen molar-refractivity contribution in [1.82, 2.24) is 4.90 Å². The molecule has 0 aromatic carbocycles. The first-order valence-electron chi connectivity index (χ1n) is 3.05. The minimum Gasteiger partial charge on any atom is -0.428 e. The molecule has 0 fully saturated rings. The molecule has 0 rings (SSSR count). The van der Waals surface area contributed by atoms with E-state index in [0.29, 0.717) is 0 Å². The fraction of sp³-hybridized carbons (Fsp3) is 0.667. The van der Waals surface area contributed by atoms with Gasteiger partial charge in [-0.15, -0.1) is 0 Å². The van der Waals surface area contributed by atoms with E-state index in [0.717, 1.165) is 0 Å². The summed E-state index contributed by atoms with van der Waals surface area (Å²) < 4.78 is 8.90. The molecule has 0 aromatic rings. The zero-order valence-corrected chi connectivity index (χ0v) is 6.73. The Bertz CT molecular complexity index is 146. The first-order valence-corrected chi connectivity index (χ1v) is 3.05. The second kappa shape index (κ2) is 4.54. The Morgan fingerprint density at radius 1 is 1.55 bits per heavy atom. The van der Waals surface area contributed by atoms with Crippen LogP contribution in [0.5, 0.6) is 0 Å². The van der Waals surface area contributed by atoms with Crippen molar-refractivity contribution >= 4 is 12.6 Å². The van der Waals surface area contributed by atoms with Gasteiger partial charge in [0.2, 0.25) is 6.29 Å². The molecule has 0 saturated heterocycles. The van der Waals surface area contributed by atoms with Crippen LogP contribution >= 0.6 is 0 Å². The van der Waals surface area contributed by atoms with E-state index in [1.165, 1.54) is 25.9 Å². The van der Waals surface area contributed by atoms with Crippen molar-refractivity contribution in [3.63, 3.8) is 0 Å². The standard InChI is InChI=1S/C6H11NO4/c1-5(10-4-8)11-6(9)7(2)3/h4-5H,1-3H3. The molecule has 1 amide bonds. The maximum absolute atomic E-state index is 10.7. The second-order valence-corrected chi connectivity index (χ2v) is 2.08. The molecule has 0 spiro atoms. The summed E-state index contributed by atoms with van der Waals surface area (Å²) in [6.07, 6.45) is -1.37. The highest BCUT2D eigenvalue weighted by Gasteiger charge is 2.10. The highest BCUT2D eigenvalue weighted by Crippen LogP contribution is 1.94. The Labute approximate surface area is 64.9 Å². The first-order chi connectivity index (χ1) is 5.07. The van der Waals surface area contributed by atoms with Crippen LogP contribution in [0.25, 0.3) is 0 Å². The molecule has 0 aliphatic heterocycles. The molecule has 0 N–H and O–H groups in total. The highest BCUT2D eigenvalue weighted by molar-refractivity contribution is 5.66. The van der Waals surface area contributed by atoms with Crippen LogP contribution in [-0.2, 0) is 14.3 Å². The van der Waals surface area contributed by atoms with Crippen LogP contribution in [0.4, 0.5) is 4.79 Å². The van der Waals surface area contributed by atoms with Gasteiger partial charge in [0.05, 0.1) is 0 Å². The van der Waals surface area contributed by atoms with Gasteiger partial charge in [0.1, 0.15) is 0 Å². The minimum absolute atomic E-state index is 0.230. The molecule has 0 aromatic heterocycles. The lowest BCUT2D eigenvalue weighted by Gasteiger charge is -2.14. The lowest BCUT2D eigenvalue weighted by molar-refractivity contribution is -0.149. The van der Waals surface area contributed by atoms with Crippen LogP contribution in [0.3, 0.4) is 0 Å². The van der Waals surface area contributed by atoms with Gasteiger partial charge in [0.15, 0.2) is 0 Å². The van der Waals surface area contributed by atoms with Gasteiger partial charge in [-0.05, 0) is 0 Å². The van der Waals surface area contributed by atoms with Crippen molar-refractivity contribution < 1.29 is 19.1 Å². The largest absolute Gasteiger partial charge is 0.428 e. The molecular weight excluding hydrogens is 150 g/mol. The third-order valence-electron chi connectivity index (χ3n) is 0.879. The quantitative estimate of drug-likeness (QED) is 0.438. The zero-order chi connectivity index (χ0) is 8.85. The van der Waals surface area contributed by atoms with Crippen LogP contribution in [-0.4, -0.2) is 37.9 Å². The van der Waals surface area contributed by atoms with Gasteiger partial charge in [-0.25, -0.2) is 4.79 Å². The van der Waals surface area contributed by atoms with Gasteiger partial charge in [-0.1, -0.05) is 0 Å². The van der Waals surface area contributed by atoms with E-state index >= 15 is 0 Å². The zero-order valence-electron chi connectivity index (χ0n) is 6.73. The SMILES string of the molecule is CC(OC=O)OC(=O)N(C)C. The van der Waals surface area contributed by atoms with E-state index in [4.69, 9.17) is 0 Å². The Balaban J connectivity index is 3.65. The molecule has 1 unspecified atom stereocenters. The minimum atomic E-state index is -0.831. The Hall–Kier alpha value is -1.26. The Morgan fingerprint density at radius 3 is 2.45 bits per heavy atom. The lowest BCUT2D eigenvalue weighted by atomic mass is 10.7. The van der Waals surface area contributed by atoms with E-state index < -0.39 is 12.4 Å². The molecule has 11 heavy (non-hydrogen) atoms. The molecule has 0 bridgehead atoms. The predicted molar refractivity (Wildman–Crippen MR) is 36.8 cm³/mol. The van der Waals surface area contributed by atoms with Gasteiger partial charge < -0.3 is 14.4 Å². The molecule has 0 saturated carbocycles. The van der Waals surface area contributed by atoms with Crippen molar-refractivity contribution in [3.05, 3.63) is 0 Å². The number of hydrogen-bond donors (Lipinski definition) is 0. The summed E-state index contributed by atoms with van der Waals surface area (Å²) in [6, 6.07) is 0. The third-order valence-corrected chi connectivity index (χ3v) is 0.879. The molecular formula is C6H11NO4. The number of amides is 1. The van der Waals surface area contributed by atoms with Gasteiger partial charge in [-0.2, -0.15) is 0 Å². The van der Waals surface area contributed by atoms with E-state index in [2.05, 4.69) is 9.47 Å². The lowest BCUT2D eigenvalue weighted by Crippen LogP contribution is -2.27. The summed E-state index contributed by atoms with van der Waals surface area (Å²) in [4.78, 5) is 21.7. The number of nitrogens with zero attached hydrogens (tertiary/aromatic N) is 1. The van der Waals surface area contributed by atoms with E-state index in [-0.39, 0.29) is 6.47 Å². The highest BCUT2D eigenvalue weighted by atomic mass is 16.7. The molecule has 64 valence electrons. The van der Waals surface area contributed by atoms with Crippen LogP contribution < -0.4 is 0 Å². The summed E-state index contributed by atoms with van der Waals surface area (Å²) in [5.74, 6) is 0. The molecule has 0 radical (unpaired) electrons. The third kappa shape index (κ3) is 4.19. The topological polar surface area (TPSA) is 55.8 Å². The summed E-state index contributed by atoms with van der Waals surface area (Å²) in [5, 5.41) is 0. The van der Waals surface area contributed by atoms with Crippen molar-refractivity contribution in [2.45, 2.75) is 13.2 Å². The summed E-state index contributed by atoms with van der Waals surface area (Å²) in [5.41, 5.74) is 0. The Kier molecular flexibility index (Phi) is 4.02. The predicted octanol–water partition coefficient (Wildman–Crippen LogP) is 0.204. The summed E-state index contributed by atoms with van der Waals surface area (Å²) in [6.45, 7) is 1.68. The molecule has 5 heteroatoms. The number of ether oxygens (including phenoxy) is 2. The van der Waals surface area contributed by atoms with Crippen LogP contribution in [0.2, 0.25) is 0 Å². The number of rotatable bonds is 3. The van der Waals surface area contributed by atoms with Gasteiger partial charge in [0.25, 0.3) is 6.47 Å². The van der Waals surface area contributed by atoms with Crippen molar-refractivity contribution in [3.8, 4) is 0 Å². The average Bonchev–Trinajstić information content (AvgIpc) is 1.87. The molecule has 0 aliphatic carbocycles. The summed E-state index contributed by atoms with van der Waals surface area (Å²) in [7, 11) is 3.08. The number of carbonyl (C=O) groups excluding carboxylic acids is 2. The fourth-order valence-corrected chi connectivity index (χ4v) is 0.353. The normalized spacial score (nSPS) is 11.5. The monoisotopic (exact) mass is 161 g/mol. The Morgan fingerprint density at radius 2 is 2.09 bits per heavy atom. The van der Waals surface area contributed by atoms with Crippen molar-refractivity contribution in [1.29, 1.82) is 0 Å². The molecule has 0 heterocycles. The van der Waals surface area contributed by atoms with Crippen LogP contribution in [0.15, 0.2) is 0 Å². The van der Waals surface area contributed by atoms with Gasteiger partial charge in [-0.3, -0.25) is 4.79 Å². The first kappa shape index (κ1) is 9.74. The molecule has 1 atom stereocenters. The second-order valence-electron chi connectivity index (χ2n) is 2.08. The van der Waals surface area contributed by atoms with E-state index in [1.54, 1.807) is 0 Å². The van der Waals surface area contributed by atoms with Crippen molar-refractivity contribution in [2.75, 3.05) is 14.1 Å². The smallest absolute Gasteiger partial charge is 0.412 e. The molecule has 5 nitrogen and oxygen atoms in total. The maximum Gasteiger partial charge on any atom is 0.412 e. The molecule has 0 aliphatic rings. The van der Waals surface area contributed by atoms with E-state index in [1.807, 2.05) is 0 Å². The maximum atomic E-state index is 10.7. The number of hydrogen-bond acceptors (Lipinski definition) is 4. The fourth-order valence-electron chi connectivity index (χ4n) is 0.353.